The second-order valence-corrected chi connectivity index (χ2v) is 5.50. The second-order valence-electron chi connectivity index (χ2n) is 5.50. The topological polar surface area (TPSA) is 42.2 Å². The van der Waals surface area contributed by atoms with E-state index < -0.39 is 0 Å². The summed E-state index contributed by atoms with van der Waals surface area (Å²) >= 11 is 0. The van der Waals surface area contributed by atoms with Crippen LogP contribution in [0.25, 0.3) is 0 Å². The van der Waals surface area contributed by atoms with Gasteiger partial charge in [0, 0.05) is 25.3 Å². The molecular weight excluding hydrogens is 198 g/mol. The first-order valence-electron chi connectivity index (χ1n) is 5.92. The molecule has 3 nitrogen and oxygen atoms in total. The Morgan fingerprint density at radius 2 is 2.25 bits per heavy atom. The zero-order valence-corrected chi connectivity index (χ0v) is 10.4. The van der Waals surface area contributed by atoms with E-state index in [2.05, 4.69) is 36.7 Å². The molecule has 88 valence electrons. The lowest BCUT2D eigenvalue weighted by Gasteiger charge is -2.43. The molecule has 1 aromatic heterocycles. The van der Waals surface area contributed by atoms with Gasteiger partial charge in [-0.2, -0.15) is 0 Å². The normalized spacial score (nSPS) is 24.5. The van der Waals surface area contributed by atoms with Gasteiger partial charge in [-0.05, 0) is 36.5 Å². The molecule has 0 amide bonds. The van der Waals surface area contributed by atoms with Crippen LogP contribution in [0.5, 0.6) is 0 Å². The molecule has 0 bridgehead atoms. The monoisotopic (exact) mass is 219 g/mol. The van der Waals surface area contributed by atoms with Crippen LogP contribution in [0.3, 0.4) is 0 Å². The van der Waals surface area contributed by atoms with E-state index >= 15 is 0 Å². The fourth-order valence-electron chi connectivity index (χ4n) is 2.26. The third-order valence-corrected chi connectivity index (χ3v) is 3.54. The smallest absolute Gasteiger partial charge is 0.128 e. The molecule has 2 rings (SSSR count). The zero-order valence-electron chi connectivity index (χ0n) is 10.4. The number of aryl methyl sites for hydroxylation is 1. The van der Waals surface area contributed by atoms with Gasteiger partial charge in [-0.15, -0.1) is 0 Å². The lowest BCUT2D eigenvalue weighted by atomic mass is 9.80. The van der Waals surface area contributed by atoms with Gasteiger partial charge in [0.2, 0.25) is 0 Å². The highest BCUT2D eigenvalue weighted by Gasteiger charge is 2.33. The number of nitrogens with zero attached hydrogens (tertiary/aromatic N) is 2. The van der Waals surface area contributed by atoms with Crippen molar-refractivity contribution >= 4 is 5.82 Å². The van der Waals surface area contributed by atoms with Gasteiger partial charge < -0.3 is 10.6 Å². The summed E-state index contributed by atoms with van der Waals surface area (Å²) in [6, 6.07) is 4.48. The van der Waals surface area contributed by atoms with Crippen LogP contribution in [0.1, 0.15) is 25.8 Å². The molecule has 0 spiro atoms. The summed E-state index contributed by atoms with van der Waals surface area (Å²) in [6.45, 7) is 8.58. The molecule has 3 heteroatoms. The van der Waals surface area contributed by atoms with Crippen molar-refractivity contribution in [3.8, 4) is 0 Å². The van der Waals surface area contributed by atoms with Gasteiger partial charge in [0.1, 0.15) is 5.82 Å². The Morgan fingerprint density at radius 1 is 1.50 bits per heavy atom. The van der Waals surface area contributed by atoms with Crippen LogP contribution in [-0.4, -0.2) is 24.1 Å². The van der Waals surface area contributed by atoms with Crippen LogP contribution in [0.4, 0.5) is 5.82 Å². The molecule has 1 unspecified atom stereocenters. The van der Waals surface area contributed by atoms with E-state index in [1.165, 1.54) is 5.56 Å². The van der Waals surface area contributed by atoms with Crippen LogP contribution in [0.2, 0.25) is 0 Å². The van der Waals surface area contributed by atoms with Gasteiger partial charge in [-0.25, -0.2) is 4.98 Å². The van der Waals surface area contributed by atoms with E-state index in [1.54, 1.807) is 0 Å². The number of anilines is 1. The minimum atomic E-state index is 0.170. The van der Waals surface area contributed by atoms with E-state index in [4.69, 9.17) is 5.73 Å². The van der Waals surface area contributed by atoms with Crippen LogP contribution in [0.15, 0.2) is 18.3 Å². The number of pyridine rings is 1. The van der Waals surface area contributed by atoms with Crippen molar-refractivity contribution in [1.29, 1.82) is 0 Å². The predicted octanol–water partition coefficient (Wildman–Crippen LogP) is 1.95. The molecule has 2 heterocycles. The molecule has 1 atom stereocenters. The molecule has 2 N–H and O–H groups in total. The van der Waals surface area contributed by atoms with Crippen molar-refractivity contribution in [3.63, 3.8) is 0 Å². The summed E-state index contributed by atoms with van der Waals surface area (Å²) in [5, 5.41) is 0. The number of hydrogen-bond donors (Lipinski definition) is 1. The molecule has 1 aliphatic heterocycles. The molecule has 1 saturated heterocycles. The van der Waals surface area contributed by atoms with E-state index in [0.29, 0.717) is 6.04 Å². The molecule has 1 aliphatic rings. The third kappa shape index (κ3) is 2.19. The van der Waals surface area contributed by atoms with Gasteiger partial charge in [-0.1, -0.05) is 13.8 Å². The van der Waals surface area contributed by atoms with E-state index in [0.717, 1.165) is 25.3 Å². The van der Waals surface area contributed by atoms with Crippen molar-refractivity contribution in [2.75, 3.05) is 18.0 Å². The highest BCUT2D eigenvalue weighted by molar-refractivity contribution is 5.41. The Labute approximate surface area is 97.7 Å². The predicted molar refractivity (Wildman–Crippen MR) is 67.6 cm³/mol. The Balaban J connectivity index is 2.18. The summed E-state index contributed by atoms with van der Waals surface area (Å²) < 4.78 is 0. The lowest BCUT2D eigenvalue weighted by Crippen LogP contribution is -2.52. The maximum absolute atomic E-state index is 6.14. The zero-order chi connectivity index (χ0) is 11.8. The van der Waals surface area contributed by atoms with E-state index in [-0.39, 0.29) is 5.41 Å². The fraction of sp³-hybridized carbons (Fsp3) is 0.615. The molecule has 0 aromatic carbocycles. The molecule has 1 aromatic rings. The number of piperidine rings is 1. The van der Waals surface area contributed by atoms with Gasteiger partial charge in [-0.3, -0.25) is 0 Å². The summed E-state index contributed by atoms with van der Waals surface area (Å²) in [4.78, 5) is 6.78. The van der Waals surface area contributed by atoms with Crippen molar-refractivity contribution in [1.82, 2.24) is 4.98 Å². The van der Waals surface area contributed by atoms with Crippen molar-refractivity contribution in [3.05, 3.63) is 23.9 Å². The van der Waals surface area contributed by atoms with Crippen molar-refractivity contribution in [2.45, 2.75) is 33.2 Å². The largest absolute Gasteiger partial charge is 0.356 e. The van der Waals surface area contributed by atoms with Crippen LogP contribution in [0, 0.1) is 12.3 Å². The van der Waals surface area contributed by atoms with Crippen LogP contribution >= 0.6 is 0 Å². The van der Waals surface area contributed by atoms with E-state index in [9.17, 15) is 0 Å². The first-order valence-corrected chi connectivity index (χ1v) is 5.92. The molecular formula is C13H21N3. The van der Waals surface area contributed by atoms with Gasteiger partial charge in [0.25, 0.3) is 0 Å². The Kier molecular flexibility index (Phi) is 2.89. The highest BCUT2D eigenvalue weighted by Crippen LogP contribution is 2.30. The maximum atomic E-state index is 6.14. The Hall–Kier alpha value is -1.09. The minimum absolute atomic E-state index is 0.170. The number of hydrogen-bond acceptors (Lipinski definition) is 3. The number of nitrogens with two attached hydrogens (primary N) is 1. The quantitative estimate of drug-likeness (QED) is 0.785. The average molecular weight is 219 g/mol. The highest BCUT2D eigenvalue weighted by atomic mass is 15.2. The molecule has 0 radical (unpaired) electrons. The summed E-state index contributed by atoms with van der Waals surface area (Å²) in [7, 11) is 0. The van der Waals surface area contributed by atoms with E-state index in [1.807, 2.05) is 12.3 Å². The SMILES string of the molecule is Cc1ccnc(N2CCC(N)C(C)(C)C2)c1. The summed E-state index contributed by atoms with van der Waals surface area (Å²) in [6.07, 6.45) is 2.93. The number of rotatable bonds is 1. The molecule has 0 aliphatic carbocycles. The second kappa shape index (κ2) is 4.06. The summed E-state index contributed by atoms with van der Waals surface area (Å²) in [5.41, 5.74) is 7.57. The number of aromatic nitrogens is 1. The van der Waals surface area contributed by atoms with Crippen molar-refractivity contribution in [2.24, 2.45) is 11.1 Å². The lowest BCUT2D eigenvalue weighted by molar-refractivity contribution is 0.244. The van der Waals surface area contributed by atoms with Gasteiger partial charge >= 0.3 is 0 Å². The average Bonchev–Trinajstić information content (AvgIpc) is 2.22. The Bertz CT molecular complexity index is 373. The molecule has 0 saturated carbocycles. The van der Waals surface area contributed by atoms with Crippen molar-refractivity contribution < 1.29 is 0 Å². The standard InChI is InChI=1S/C13H21N3/c1-10-4-6-15-12(8-10)16-7-5-11(14)13(2,3)9-16/h4,6,8,11H,5,7,9,14H2,1-3H3. The molecule has 1 fully saturated rings. The first-order chi connectivity index (χ1) is 7.49. The van der Waals surface area contributed by atoms with Crippen LogP contribution in [-0.2, 0) is 0 Å². The van der Waals surface area contributed by atoms with Gasteiger partial charge in [0.05, 0.1) is 0 Å². The fourth-order valence-corrected chi connectivity index (χ4v) is 2.26. The first kappa shape index (κ1) is 11.4. The maximum Gasteiger partial charge on any atom is 0.128 e. The minimum Gasteiger partial charge on any atom is -0.356 e. The van der Waals surface area contributed by atoms with Crippen LogP contribution < -0.4 is 10.6 Å². The summed E-state index contributed by atoms with van der Waals surface area (Å²) in [5.74, 6) is 1.08. The Morgan fingerprint density at radius 3 is 2.88 bits per heavy atom. The molecule has 16 heavy (non-hydrogen) atoms. The third-order valence-electron chi connectivity index (χ3n) is 3.54. The van der Waals surface area contributed by atoms with Gasteiger partial charge in [0.15, 0.2) is 0 Å².